The minimum Gasteiger partial charge on any atom is -0.336 e. The first-order valence-corrected chi connectivity index (χ1v) is 12.1. The van der Waals surface area contributed by atoms with Gasteiger partial charge in [-0.15, -0.1) is 5.92 Å². The fraction of sp³-hybridized carbons (Fsp3) is 0.233. The van der Waals surface area contributed by atoms with E-state index < -0.39 is 0 Å². The summed E-state index contributed by atoms with van der Waals surface area (Å²) in [6.07, 6.45) is 3.76. The molecular weight excluding hydrogens is 446 g/mol. The minimum atomic E-state index is 0.0766. The molecule has 0 radical (unpaired) electrons. The molecule has 36 heavy (non-hydrogen) atoms. The van der Waals surface area contributed by atoms with Crippen LogP contribution in [0.4, 0.5) is 0 Å². The van der Waals surface area contributed by atoms with Crippen molar-refractivity contribution in [2.24, 2.45) is 0 Å². The maximum Gasteiger partial charge on any atom is 0.254 e. The number of imidazole rings is 1. The maximum absolute atomic E-state index is 13.4. The van der Waals surface area contributed by atoms with Gasteiger partial charge in [-0.3, -0.25) is 9.69 Å². The van der Waals surface area contributed by atoms with Crippen molar-refractivity contribution in [2.75, 3.05) is 26.2 Å². The average molecular weight is 474 g/mol. The zero-order valence-electron chi connectivity index (χ0n) is 20.3. The third-order valence-electron chi connectivity index (χ3n) is 6.69. The fourth-order valence-corrected chi connectivity index (χ4v) is 4.75. The number of nitriles is 1. The molecule has 178 valence electrons. The maximum atomic E-state index is 13.4. The van der Waals surface area contributed by atoms with Crippen LogP contribution in [0.3, 0.4) is 0 Å². The minimum absolute atomic E-state index is 0.0766. The number of carbonyl (C=O) groups is 1. The molecule has 0 spiro atoms. The number of aromatic nitrogens is 2. The predicted molar refractivity (Wildman–Crippen MR) is 140 cm³/mol. The lowest BCUT2D eigenvalue weighted by atomic mass is 9.99. The Bertz CT molecular complexity index is 1490. The number of fused-ring (bicyclic) bond motifs is 1. The van der Waals surface area contributed by atoms with Crippen molar-refractivity contribution in [3.63, 3.8) is 0 Å². The predicted octanol–water partition coefficient (Wildman–Crippen LogP) is 4.29. The Labute approximate surface area is 211 Å². The smallest absolute Gasteiger partial charge is 0.254 e. The van der Waals surface area contributed by atoms with Gasteiger partial charge in [-0.1, -0.05) is 42.3 Å². The molecule has 0 unspecified atom stereocenters. The highest BCUT2D eigenvalue weighted by Gasteiger charge is 2.24. The average Bonchev–Trinajstić information content (AvgIpc) is 3.35. The molecule has 1 saturated heterocycles. The van der Waals surface area contributed by atoms with Crippen LogP contribution in [-0.2, 0) is 13.1 Å². The van der Waals surface area contributed by atoms with Crippen LogP contribution in [0.25, 0.3) is 10.8 Å². The van der Waals surface area contributed by atoms with Gasteiger partial charge < -0.3 is 9.47 Å². The normalized spacial score (nSPS) is 13.7. The van der Waals surface area contributed by atoms with Gasteiger partial charge in [-0.05, 0) is 47.5 Å². The fourth-order valence-electron chi connectivity index (χ4n) is 4.75. The van der Waals surface area contributed by atoms with E-state index in [4.69, 9.17) is 5.26 Å². The van der Waals surface area contributed by atoms with Crippen LogP contribution < -0.4 is 0 Å². The Morgan fingerprint density at radius 1 is 0.944 bits per heavy atom. The number of carbonyl (C=O) groups excluding carboxylic acids is 1. The summed E-state index contributed by atoms with van der Waals surface area (Å²) in [4.78, 5) is 22.1. The van der Waals surface area contributed by atoms with Gasteiger partial charge >= 0.3 is 0 Å². The zero-order valence-corrected chi connectivity index (χ0v) is 20.3. The van der Waals surface area contributed by atoms with Gasteiger partial charge in [-0.25, -0.2) is 4.98 Å². The summed E-state index contributed by atoms with van der Waals surface area (Å²) < 4.78 is 2.14. The summed E-state index contributed by atoms with van der Waals surface area (Å²) >= 11 is 0. The second-order valence-corrected chi connectivity index (χ2v) is 8.97. The van der Waals surface area contributed by atoms with Crippen LogP contribution in [0.1, 0.15) is 39.7 Å². The Balaban J connectivity index is 1.24. The van der Waals surface area contributed by atoms with Crippen LogP contribution >= 0.6 is 0 Å². The van der Waals surface area contributed by atoms with Gasteiger partial charge in [-0.2, -0.15) is 5.26 Å². The highest BCUT2D eigenvalue weighted by molar-refractivity contribution is 6.08. The molecule has 4 aromatic rings. The standard InChI is InChI=1S/C30H27N5O/c1-2-5-25-6-3-8-28-27(25)7-4-9-29(28)30(36)34-16-14-33(15-17-34)21-26-19-32-22-35(26)20-24-12-10-23(18-31)11-13-24/h3-4,6-13,19,22H,14-17,20-21H2,1H3. The van der Waals surface area contributed by atoms with E-state index >= 15 is 0 Å². The van der Waals surface area contributed by atoms with E-state index in [0.717, 1.165) is 52.8 Å². The molecule has 6 heteroatoms. The topological polar surface area (TPSA) is 65.2 Å². The third-order valence-corrected chi connectivity index (χ3v) is 6.69. The van der Waals surface area contributed by atoms with E-state index in [1.165, 1.54) is 0 Å². The first kappa shape index (κ1) is 23.4. The van der Waals surface area contributed by atoms with E-state index in [1.807, 2.05) is 85.0 Å². The molecule has 0 saturated carbocycles. The van der Waals surface area contributed by atoms with Gasteiger partial charge in [0, 0.05) is 56.6 Å². The van der Waals surface area contributed by atoms with Crippen LogP contribution in [0, 0.1) is 23.2 Å². The molecule has 0 bridgehead atoms. The first-order chi connectivity index (χ1) is 17.7. The number of hydrogen-bond donors (Lipinski definition) is 0. The molecule has 5 rings (SSSR count). The Morgan fingerprint density at radius 2 is 1.69 bits per heavy atom. The summed E-state index contributed by atoms with van der Waals surface area (Å²) in [5.41, 5.74) is 4.62. The van der Waals surface area contributed by atoms with Crippen LogP contribution in [-0.4, -0.2) is 51.4 Å². The second-order valence-electron chi connectivity index (χ2n) is 8.97. The monoisotopic (exact) mass is 473 g/mol. The van der Waals surface area contributed by atoms with E-state index in [-0.39, 0.29) is 5.91 Å². The van der Waals surface area contributed by atoms with E-state index in [0.29, 0.717) is 25.2 Å². The van der Waals surface area contributed by atoms with Crippen molar-refractivity contribution >= 4 is 16.7 Å². The Hall–Kier alpha value is -4.39. The summed E-state index contributed by atoms with van der Waals surface area (Å²) in [5.74, 6) is 6.19. The highest BCUT2D eigenvalue weighted by atomic mass is 16.2. The molecule has 6 nitrogen and oxygen atoms in total. The highest BCUT2D eigenvalue weighted by Crippen LogP contribution is 2.24. The summed E-state index contributed by atoms with van der Waals surface area (Å²) in [7, 11) is 0. The molecular formula is C30H27N5O. The Morgan fingerprint density at radius 3 is 2.44 bits per heavy atom. The summed E-state index contributed by atoms with van der Waals surface area (Å²) in [5, 5.41) is 11.0. The van der Waals surface area contributed by atoms with Crippen LogP contribution in [0.2, 0.25) is 0 Å². The van der Waals surface area contributed by atoms with Crippen molar-refractivity contribution in [2.45, 2.75) is 20.0 Å². The Kier molecular flexibility index (Phi) is 6.80. The van der Waals surface area contributed by atoms with Crippen molar-refractivity contribution in [3.8, 4) is 17.9 Å². The molecule has 1 fully saturated rings. The van der Waals surface area contributed by atoms with Crippen LogP contribution in [0.5, 0.6) is 0 Å². The lowest BCUT2D eigenvalue weighted by Crippen LogP contribution is -2.48. The van der Waals surface area contributed by atoms with Gasteiger partial charge in [0.05, 0.1) is 23.7 Å². The van der Waals surface area contributed by atoms with E-state index in [9.17, 15) is 4.79 Å². The van der Waals surface area contributed by atoms with Crippen molar-refractivity contribution in [3.05, 3.63) is 101 Å². The summed E-state index contributed by atoms with van der Waals surface area (Å²) in [6, 6.07) is 21.7. The number of nitrogens with zero attached hydrogens (tertiary/aromatic N) is 5. The van der Waals surface area contributed by atoms with Crippen molar-refractivity contribution in [1.29, 1.82) is 5.26 Å². The molecule has 0 atom stereocenters. The molecule has 1 aliphatic rings. The van der Waals surface area contributed by atoms with Gasteiger partial charge in [0.1, 0.15) is 0 Å². The molecule has 2 heterocycles. The molecule has 1 aromatic heterocycles. The third kappa shape index (κ3) is 4.86. The van der Waals surface area contributed by atoms with Crippen LogP contribution in [0.15, 0.2) is 73.2 Å². The van der Waals surface area contributed by atoms with Crippen molar-refractivity contribution < 1.29 is 4.79 Å². The number of hydrogen-bond acceptors (Lipinski definition) is 4. The van der Waals surface area contributed by atoms with Crippen molar-refractivity contribution in [1.82, 2.24) is 19.4 Å². The largest absolute Gasteiger partial charge is 0.336 e. The van der Waals surface area contributed by atoms with Gasteiger partial charge in [0.25, 0.3) is 5.91 Å². The van der Waals surface area contributed by atoms with Gasteiger partial charge in [0.2, 0.25) is 0 Å². The quantitative estimate of drug-likeness (QED) is 0.406. The lowest BCUT2D eigenvalue weighted by molar-refractivity contribution is 0.0627. The second kappa shape index (κ2) is 10.5. The lowest BCUT2D eigenvalue weighted by Gasteiger charge is -2.35. The molecule has 0 aliphatic carbocycles. The number of benzene rings is 3. The number of amides is 1. The molecule has 0 N–H and O–H groups in total. The van der Waals surface area contributed by atoms with E-state index in [1.54, 1.807) is 0 Å². The number of rotatable bonds is 5. The zero-order chi connectivity index (χ0) is 24.9. The summed E-state index contributed by atoms with van der Waals surface area (Å²) in [6.45, 7) is 6.32. The first-order valence-electron chi connectivity index (χ1n) is 12.1. The molecule has 3 aromatic carbocycles. The van der Waals surface area contributed by atoms with Gasteiger partial charge in [0.15, 0.2) is 0 Å². The SMILES string of the molecule is CC#Cc1cccc2c(C(=O)N3CCN(Cc4cncn4Cc4ccc(C#N)cc4)CC3)cccc12. The van der Waals surface area contributed by atoms with E-state index in [2.05, 4.69) is 32.4 Å². The molecule has 1 aliphatic heterocycles. The number of piperazine rings is 1. The molecule has 1 amide bonds.